The highest BCUT2D eigenvalue weighted by Gasteiger charge is 2.15. The van der Waals surface area contributed by atoms with Crippen LogP contribution in [0.1, 0.15) is 11.1 Å². The molecule has 1 aromatic rings. The lowest BCUT2D eigenvalue weighted by Gasteiger charge is -2.08. The lowest BCUT2D eigenvalue weighted by Crippen LogP contribution is -2.24. The summed E-state index contributed by atoms with van der Waals surface area (Å²) in [5, 5.41) is 0. The fourth-order valence-corrected chi connectivity index (χ4v) is 2.72. The Bertz CT molecular complexity index is 507. The van der Waals surface area contributed by atoms with E-state index in [0.29, 0.717) is 11.4 Å². The van der Waals surface area contributed by atoms with Crippen LogP contribution in [0.25, 0.3) is 0 Å². The van der Waals surface area contributed by atoms with Crippen molar-refractivity contribution >= 4 is 10.0 Å². The molecule has 0 amide bonds. The second-order valence-corrected chi connectivity index (χ2v) is 5.56. The molecule has 94 valence electrons. The van der Waals surface area contributed by atoms with Gasteiger partial charge in [-0.05, 0) is 31.0 Å². The first-order valence-electron chi connectivity index (χ1n) is 5.39. The van der Waals surface area contributed by atoms with E-state index in [1.165, 1.54) is 0 Å². The van der Waals surface area contributed by atoms with Gasteiger partial charge in [-0.25, -0.2) is 13.1 Å². The lowest BCUT2D eigenvalue weighted by atomic mass is 10.2. The quantitative estimate of drug-likeness (QED) is 0.773. The fraction of sp³-hybridized carbons (Fsp3) is 0.333. The van der Waals surface area contributed by atoms with Crippen LogP contribution in [0.4, 0.5) is 0 Å². The van der Waals surface area contributed by atoms with Gasteiger partial charge in [0, 0.05) is 13.1 Å². The number of nitrogens with one attached hydrogen (secondary N) is 1. The summed E-state index contributed by atoms with van der Waals surface area (Å²) >= 11 is 0. The molecule has 0 unspecified atom stereocenters. The van der Waals surface area contributed by atoms with Crippen molar-refractivity contribution < 1.29 is 8.42 Å². The zero-order valence-corrected chi connectivity index (χ0v) is 10.9. The number of benzene rings is 1. The standard InChI is InChI=1S/C12H18N2O2S/c1-10-5-6-11(2)12(9-10)17(15,16)14-8-4-3-7-13/h3-6,9,14H,7-8,13H2,1-2H3/b4-3+. The number of aryl methyl sites for hydroxylation is 2. The Balaban J connectivity index is 2.89. The predicted molar refractivity (Wildman–Crippen MR) is 69.3 cm³/mol. The average molecular weight is 254 g/mol. The smallest absolute Gasteiger partial charge is 0.241 e. The van der Waals surface area contributed by atoms with Gasteiger partial charge >= 0.3 is 0 Å². The Hall–Kier alpha value is -1.17. The van der Waals surface area contributed by atoms with E-state index in [9.17, 15) is 8.42 Å². The van der Waals surface area contributed by atoms with Crippen LogP contribution in [-0.4, -0.2) is 21.5 Å². The third kappa shape index (κ3) is 3.96. The summed E-state index contributed by atoms with van der Waals surface area (Å²) < 4.78 is 26.5. The normalized spacial score (nSPS) is 12.2. The summed E-state index contributed by atoms with van der Waals surface area (Å²) in [6.45, 7) is 4.31. The molecule has 17 heavy (non-hydrogen) atoms. The van der Waals surface area contributed by atoms with E-state index < -0.39 is 10.0 Å². The maximum Gasteiger partial charge on any atom is 0.241 e. The Morgan fingerprint density at radius 2 is 2.00 bits per heavy atom. The molecule has 0 heterocycles. The van der Waals surface area contributed by atoms with Gasteiger partial charge in [0.25, 0.3) is 0 Å². The minimum Gasteiger partial charge on any atom is -0.327 e. The van der Waals surface area contributed by atoms with Gasteiger partial charge in [-0.3, -0.25) is 0 Å². The van der Waals surface area contributed by atoms with Crippen LogP contribution in [-0.2, 0) is 10.0 Å². The summed E-state index contributed by atoms with van der Waals surface area (Å²) in [5.41, 5.74) is 6.94. The van der Waals surface area contributed by atoms with E-state index >= 15 is 0 Å². The van der Waals surface area contributed by atoms with Crippen LogP contribution in [0.2, 0.25) is 0 Å². The summed E-state index contributed by atoms with van der Waals surface area (Å²) in [4.78, 5) is 0.332. The van der Waals surface area contributed by atoms with Gasteiger partial charge in [0.05, 0.1) is 4.90 Å². The third-order valence-corrected chi connectivity index (χ3v) is 3.89. The van der Waals surface area contributed by atoms with Gasteiger partial charge in [0.15, 0.2) is 0 Å². The molecule has 0 fully saturated rings. The van der Waals surface area contributed by atoms with E-state index in [0.717, 1.165) is 11.1 Å². The van der Waals surface area contributed by atoms with Crippen molar-refractivity contribution in [1.29, 1.82) is 0 Å². The average Bonchev–Trinajstić information content (AvgIpc) is 2.28. The number of hydrogen-bond donors (Lipinski definition) is 2. The molecule has 0 bridgehead atoms. The maximum absolute atomic E-state index is 12.0. The molecular formula is C12H18N2O2S. The van der Waals surface area contributed by atoms with E-state index in [2.05, 4.69) is 4.72 Å². The molecule has 5 heteroatoms. The van der Waals surface area contributed by atoms with Crippen molar-refractivity contribution in [3.05, 3.63) is 41.5 Å². The summed E-state index contributed by atoms with van der Waals surface area (Å²) in [5.74, 6) is 0. The van der Waals surface area contributed by atoms with Crippen LogP contribution in [0.15, 0.2) is 35.2 Å². The zero-order chi connectivity index (χ0) is 12.9. The molecule has 0 aromatic heterocycles. The monoisotopic (exact) mass is 254 g/mol. The molecule has 0 saturated carbocycles. The molecule has 0 aliphatic carbocycles. The Labute approximate surface area is 103 Å². The Morgan fingerprint density at radius 3 is 2.65 bits per heavy atom. The minimum absolute atomic E-state index is 0.257. The van der Waals surface area contributed by atoms with Gasteiger partial charge in [0.2, 0.25) is 10.0 Å². The second-order valence-electron chi connectivity index (χ2n) is 3.83. The van der Waals surface area contributed by atoms with E-state index in [1.54, 1.807) is 31.2 Å². The van der Waals surface area contributed by atoms with E-state index in [1.807, 2.05) is 13.0 Å². The van der Waals surface area contributed by atoms with Gasteiger partial charge in [-0.1, -0.05) is 24.3 Å². The highest BCUT2D eigenvalue weighted by Crippen LogP contribution is 2.16. The van der Waals surface area contributed by atoms with Crippen molar-refractivity contribution in [1.82, 2.24) is 4.72 Å². The first-order valence-corrected chi connectivity index (χ1v) is 6.87. The highest BCUT2D eigenvalue weighted by molar-refractivity contribution is 7.89. The minimum atomic E-state index is -3.44. The highest BCUT2D eigenvalue weighted by atomic mass is 32.2. The predicted octanol–water partition coefficient (Wildman–Crippen LogP) is 1.10. The van der Waals surface area contributed by atoms with Gasteiger partial charge in [-0.15, -0.1) is 0 Å². The number of hydrogen-bond acceptors (Lipinski definition) is 3. The maximum atomic E-state index is 12.0. The lowest BCUT2D eigenvalue weighted by molar-refractivity contribution is 0.585. The largest absolute Gasteiger partial charge is 0.327 e. The van der Waals surface area contributed by atoms with Gasteiger partial charge < -0.3 is 5.73 Å². The number of sulfonamides is 1. The molecule has 3 N–H and O–H groups in total. The van der Waals surface area contributed by atoms with Crippen LogP contribution in [0.3, 0.4) is 0 Å². The molecule has 1 rings (SSSR count). The van der Waals surface area contributed by atoms with E-state index in [-0.39, 0.29) is 6.54 Å². The second kappa shape index (κ2) is 5.95. The van der Waals surface area contributed by atoms with Crippen LogP contribution < -0.4 is 10.5 Å². The van der Waals surface area contributed by atoms with Gasteiger partial charge in [0.1, 0.15) is 0 Å². The van der Waals surface area contributed by atoms with Crippen molar-refractivity contribution in [2.24, 2.45) is 5.73 Å². The van der Waals surface area contributed by atoms with Gasteiger partial charge in [-0.2, -0.15) is 0 Å². The summed E-state index contributed by atoms with van der Waals surface area (Å²) in [7, 11) is -3.44. The Kier molecular flexibility index (Phi) is 4.86. The number of nitrogens with two attached hydrogens (primary N) is 1. The topological polar surface area (TPSA) is 72.2 Å². The fourth-order valence-electron chi connectivity index (χ4n) is 1.41. The molecule has 4 nitrogen and oxygen atoms in total. The van der Waals surface area contributed by atoms with Crippen LogP contribution in [0, 0.1) is 13.8 Å². The van der Waals surface area contributed by atoms with Crippen molar-refractivity contribution in [3.63, 3.8) is 0 Å². The van der Waals surface area contributed by atoms with Crippen molar-refractivity contribution in [2.75, 3.05) is 13.1 Å². The van der Waals surface area contributed by atoms with Crippen LogP contribution in [0.5, 0.6) is 0 Å². The third-order valence-electron chi connectivity index (χ3n) is 2.33. The SMILES string of the molecule is Cc1ccc(C)c(S(=O)(=O)NC/C=C/CN)c1. The first-order chi connectivity index (χ1) is 7.97. The van der Waals surface area contributed by atoms with Crippen molar-refractivity contribution in [2.45, 2.75) is 18.7 Å². The molecule has 0 radical (unpaired) electrons. The van der Waals surface area contributed by atoms with E-state index in [4.69, 9.17) is 5.73 Å². The molecule has 0 saturated heterocycles. The molecule has 0 aliphatic rings. The van der Waals surface area contributed by atoms with Crippen LogP contribution >= 0.6 is 0 Å². The summed E-state index contributed by atoms with van der Waals surface area (Å²) in [6.07, 6.45) is 3.41. The van der Waals surface area contributed by atoms with Crippen molar-refractivity contribution in [3.8, 4) is 0 Å². The molecule has 0 atom stereocenters. The molecule has 1 aromatic carbocycles. The number of rotatable bonds is 5. The first kappa shape index (κ1) is 13.9. The summed E-state index contributed by atoms with van der Waals surface area (Å²) in [6, 6.07) is 5.37. The zero-order valence-electron chi connectivity index (χ0n) is 10.1. The Morgan fingerprint density at radius 1 is 1.29 bits per heavy atom. The molecule has 0 aliphatic heterocycles. The molecular weight excluding hydrogens is 236 g/mol. The molecule has 0 spiro atoms.